The van der Waals surface area contributed by atoms with E-state index >= 15 is 0 Å². The normalized spacial score (nSPS) is 38.9. The minimum absolute atomic E-state index is 0.912. The van der Waals surface area contributed by atoms with Crippen LogP contribution in [0.3, 0.4) is 0 Å². The lowest BCUT2D eigenvalue weighted by Crippen LogP contribution is -2.53. The van der Waals surface area contributed by atoms with Crippen LogP contribution in [0.2, 0.25) is 0 Å². The van der Waals surface area contributed by atoms with Gasteiger partial charge >= 0.3 is 0 Å². The fourth-order valence-corrected chi connectivity index (χ4v) is 7.23. The highest BCUT2D eigenvalue weighted by atomic mass is 15.2. The molecule has 4 rings (SSSR count). The van der Waals surface area contributed by atoms with Crippen molar-refractivity contribution in [3.63, 3.8) is 0 Å². The van der Waals surface area contributed by atoms with Gasteiger partial charge < -0.3 is 4.90 Å². The van der Waals surface area contributed by atoms with Crippen molar-refractivity contribution in [3.05, 3.63) is 0 Å². The topological polar surface area (TPSA) is 6.48 Å². The summed E-state index contributed by atoms with van der Waals surface area (Å²) in [5, 5.41) is 0. The number of rotatable bonds is 8. The highest BCUT2D eigenvalue weighted by Crippen LogP contribution is 2.43. The molecule has 0 aromatic heterocycles. The molecule has 2 aliphatic carbocycles. The molecule has 0 radical (unpaired) electrons. The van der Waals surface area contributed by atoms with Gasteiger partial charge in [0, 0.05) is 31.7 Å². The van der Waals surface area contributed by atoms with Gasteiger partial charge in [-0.15, -0.1) is 0 Å². The molecular formula is C26H48N2. The number of hydrogen-bond donors (Lipinski definition) is 0. The van der Waals surface area contributed by atoms with Crippen LogP contribution in [-0.2, 0) is 0 Å². The maximum atomic E-state index is 2.94. The van der Waals surface area contributed by atoms with Gasteiger partial charge in [0.2, 0.25) is 0 Å². The van der Waals surface area contributed by atoms with Crippen LogP contribution in [0.5, 0.6) is 0 Å². The first-order valence-electron chi connectivity index (χ1n) is 13.2. The lowest BCUT2D eigenvalue weighted by Gasteiger charge is -2.51. The number of likely N-dealkylation sites (tertiary alicyclic amines) is 2. The molecule has 2 heteroatoms. The predicted octanol–water partition coefficient (Wildman–Crippen LogP) is 6.20. The van der Waals surface area contributed by atoms with E-state index in [1.54, 1.807) is 0 Å². The lowest BCUT2D eigenvalue weighted by molar-refractivity contribution is -0.0182. The SMILES string of the molecule is CCC[C@@H]1CCN(C2CCC2)C[C@H]1CC1CN(C2CCC2)C[C@H](C)[C@@H]1CCC. The molecule has 2 saturated carbocycles. The van der Waals surface area contributed by atoms with E-state index in [9.17, 15) is 0 Å². The van der Waals surface area contributed by atoms with Crippen LogP contribution in [0.15, 0.2) is 0 Å². The third-order valence-corrected chi connectivity index (χ3v) is 9.32. The lowest BCUT2D eigenvalue weighted by atomic mass is 9.68. The minimum Gasteiger partial charge on any atom is -0.300 e. The molecule has 0 N–H and O–H groups in total. The first-order chi connectivity index (χ1) is 13.7. The summed E-state index contributed by atoms with van der Waals surface area (Å²) >= 11 is 0. The quantitative estimate of drug-likeness (QED) is 0.488. The standard InChI is InChI=1S/C26H48N2/c1-4-8-21-14-15-27(24-10-6-11-24)18-22(21)16-23-19-28(25-12-7-13-25)17-20(3)26(23)9-5-2/h20-26H,4-19H2,1-3H3/t20-,21+,22+,23?,26-/m0/s1. The van der Waals surface area contributed by atoms with Crippen molar-refractivity contribution in [2.75, 3.05) is 26.2 Å². The third-order valence-electron chi connectivity index (χ3n) is 9.32. The fourth-order valence-electron chi connectivity index (χ4n) is 7.23. The zero-order valence-corrected chi connectivity index (χ0v) is 19.2. The monoisotopic (exact) mass is 388 g/mol. The Hall–Kier alpha value is -0.0800. The van der Waals surface area contributed by atoms with Gasteiger partial charge in [0.1, 0.15) is 0 Å². The Bertz CT molecular complexity index is 469. The maximum absolute atomic E-state index is 2.94. The van der Waals surface area contributed by atoms with Crippen LogP contribution >= 0.6 is 0 Å². The first-order valence-corrected chi connectivity index (χ1v) is 13.2. The summed E-state index contributed by atoms with van der Waals surface area (Å²) in [4.78, 5) is 5.86. The van der Waals surface area contributed by atoms with E-state index in [4.69, 9.17) is 0 Å². The summed E-state index contributed by atoms with van der Waals surface area (Å²) in [6, 6.07) is 1.89. The molecule has 2 heterocycles. The van der Waals surface area contributed by atoms with Gasteiger partial charge in [0.25, 0.3) is 0 Å². The molecule has 2 aliphatic heterocycles. The van der Waals surface area contributed by atoms with Crippen molar-refractivity contribution >= 4 is 0 Å². The second-order valence-electron chi connectivity index (χ2n) is 11.1. The van der Waals surface area contributed by atoms with Gasteiger partial charge in [0.15, 0.2) is 0 Å². The van der Waals surface area contributed by atoms with Crippen LogP contribution in [0.25, 0.3) is 0 Å². The van der Waals surface area contributed by atoms with Crippen molar-refractivity contribution in [2.24, 2.45) is 29.6 Å². The molecule has 28 heavy (non-hydrogen) atoms. The van der Waals surface area contributed by atoms with Crippen molar-refractivity contribution in [1.82, 2.24) is 9.80 Å². The van der Waals surface area contributed by atoms with Gasteiger partial charge in [-0.3, -0.25) is 4.90 Å². The van der Waals surface area contributed by atoms with Crippen molar-refractivity contribution < 1.29 is 0 Å². The average molecular weight is 389 g/mol. The molecule has 0 bridgehead atoms. The smallest absolute Gasteiger partial charge is 0.00955 e. The van der Waals surface area contributed by atoms with Gasteiger partial charge in [-0.2, -0.15) is 0 Å². The molecule has 0 aromatic carbocycles. The maximum Gasteiger partial charge on any atom is 0.00955 e. The molecule has 162 valence electrons. The molecule has 2 saturated heterocycles. The summed E-state index contributed by atoms with van der Waals surface area (Å²) < 4.78 is 0. The van der Waals surface area contributed by atoms with Crippen LogP contribution in [-0.4, -0.2) is 48.1 Å². The van der Waals surface area contributed by atoms with Crippen molar-refractivity contribution in [2.45, 2.75) is 110 Å². The van der Waals surface area contributed by atoms with Gasteiger partial charge in [0.05, 0.1) is 0 Å². The Kier molecular flexibility index (Phi) is 7.42. The summed E-state index contributed by atoms with van der Waals surface area (Å²) in [6.07, 6.45) is 17.6. The molecular weight excluding hydrogens is 340 g/mol. The third kappa shape index (κ3) is 4.64. The van der Waals surface area contributed by atoms with E-state index in [0.717, 1.165) is 41.7 Å². The van der Waals surface area contributed by atoms with E-state index in [-0.39, 0.29) is 0 Å². The summed E-state index contributed by atoms with van der Waals surface area (Å²) in [7, 11) is 0. The summed E-state index contributed by atoms with van der Waals surface area (Å²) in [6.45, 7) is 13.1. The van der Waals surface area contributed by atoms with Gasteiger partial charge in [-0.05, 0) is 74.7 Å². The van der Waals surface area contributed by atoms with Crippen LogP contribution in [0.4, 0.5) is 0 Å². The predicted molar refractivity (Wildman–Crippen MR) is 121 cm³/mol. The molecule has 4 aliphatic rings. The highest BCUT2D eigenvalue weighted by molar-refractivity contribution is 4.94. The molecule has 0 spiro atoms. The van der Waals surface area contributed by atoms with Crippen LogP contribution in [0, 0.1) is 29.6 Å². The van der Waals surface area contributed by atoms with E-state index < -0.39 is 0 Å². The molecule has 2 nitrogen and oxygen atoms in total. The Balaban J connectivity index is 1.44. The Morgan fingerprint density at radius 1 is 0.679 bits per heavy atom. The van der Waals surface area contributed by atoms with Crippen molar-refractivity contribution in [1.29, 1.82) is 0 Å². The fraction of sp³-hybridized carbons (Fsp3) is 1.00. The van der Waals surface area contributed by atoms with E-state index in [1.807, 2.05) is 0 Å². The second-order valence-corrected chi connectivity index (χ2v) is 11.1. The Labute approximate surface area is 175 Å². The van der Waals surface area contributed by atoms with Gasteiger partial charge in [-0.25, -0.2) is 0 Å². The van der Waals surface area contributed by atoms with Crippen LogP contribution < -0.4 is 0 Å². The Morgan fingerprint density at radius 2 is 1.32 bits per heavy atom. The number of nitrogens with zero attached hydrogens (tertiary/aromatic N) is 2. The highest BCUT2D eigenvalue weighted by Gasteiger charge is 2.41. The first kappa shape index (κ1) is 21.2. The molecule has 0 amide bonds. The average Bonchev–Trinajstić information content (AvgIpc) is 2.57. The van der Waals surface area contributed by atoms with E-state index in [2.05, 4.69) is 30.6 Å². The van der Waals surface area contributed by atoms with E-state index in [1.165, 1.54) is 103 Å². The minimum atomic E-state index is 0.912. The summed E-state index contributed by atoms with van der Waals surface area (Å²) in [5.41, 5.74) is 0. The molecule has 5 atom stereocenters. The zero-order chi connectivity index (χ0) is 19.5. The van der Waals surface area contributed by atoms with Crippen LogP contribution in [0.1, 0.15) is 97.8 Å². The molecule has 0 aromatic rings. The molecule has 4 fully saturated rings. The van der Waals surface area contributed by atoms with Gasteiger partial charge in [-0.1, -0.05) is 59.3 Å². The van der Waals surface area contributed by atoms with E-state index in [0.29, 0.717) is 0 Å². The number of hydrogen-bond acceptors (Lipinski definition) is 2. The zero-order valence-electron chi connectivity index (χ0n) is 19.2. The largest absolute Gasteiger partial charge is 0.300 e. The molecule has 1 unspecified atom stereocenters. The summed E-state index contributed by atoms with van der Waals surface area (Å²) in [5.74, 6) is 4.86. The second kappa shape index (κ2) is 9.82. The Morgan fingerprint density at radius 3 is 1.93 bits per heavy atom. The number of piperidine rings is 2. The van der Waals surface area contributed by atoms with Crippen molar-refractivity contribution in [3.8, 4) is 0 Å².